The van der Waals surface area contributed by atoms with Crippen LogP contribution in [0, 0.1) is 0 Å². The molecular weight excluding hydrogens is 418 g/mol. The number of rotatable bonds is 7. The second-order valence-electron chi connectivity index (χ2n) is 6.65. The lowest BCUT2D eigenvalue weighted by Gasteiger charge is -2.09. The molecule has 0 aliphatic rings. The monoisotopic (exact) mass is 435 g/mol. The fraction of sp³-hybridized carbons (Fsp3) is 0.0833. The van der Waals surface area contributed by atoms with Gasteiger partial charge in [-0.1, -0.05) is 23.7 Å². The largest absolute Gasteiger partial charge is 0.497 e. The van der Waals surface area contributed by atoms with Gasteiger partial charge in [0.1, 0.15) is 17.1 Å². The minimum Gasteiger partial charge on any atom is -0.497 e. The van der Waals surface area contributed by atoms with Crippen molar-refractivity contribution < 1.29 is 23.5 Å². The van der Waals surface area contributed by atoms with Crippen molar-refractivity contribution in [2.75, 3.05) is 19.0 Å². The summed E-state index contributed by atoms with van der Waals surface area (Å²) in [6.45, 7) is -0.236. The fourth-order valence-electron chi connectivity index (χ4n) is 3.06. The Hall–Kier alpha value is -3.77. The fourth-order valence-corrected chi connectivity index (χ4v) is 3.18. The Bertz CT molecular complexity index is 1230. The van der Waals surface area contributed by atoms with Gasteiger partial charge in [0.05, 0.1) is 12.8 Å². The smallest absolute Gasteiger partial charge is 0.262 e. The van der Waals surface area contributed by atoms with Gasteiger partial charge in [-0.05, 0) is 60.7 Å². The number of furan rings is 1. The summed E-state index contributed by atoms with van der Waals surface area (Å²) in [5.41, 5.74) is 1.19. The lowest BCUT2D eigenvalue weighted by molar-refractivity contribution is -0.118. The van der Waals surface area contributed by atoms with Crippen LogP contribution < -0.4 is 14.8 Å². The molecule has 1 N–H and O–H groups in total. The van der Waals surface area contributed by atoms with Gasteiger partial charge in [0, 0.05) is 16.0 Å². The molecule has 0 aliphatic heterocycles. The molecule has 6 nitrogen and oxygen atoms in total. The molecule has 0 unspecified atom stereocenters. The zero-order chi connectivity index (χ0) is 21.8. The molecule has 0 atom stereocenters. The molecule has 1 aromatic heterocycles. The average Bonchev–Trinajstić information content (AvgIpc) is 3.16. The lowest BCUT2D eigenvalue weighted by atomic mass is 10.1. The number of benzene rings is 3. The Morgan fingerprint density at radius 2 is 1.61 bits per heavy atom. The molecule has 0 saturated carbocycles. The van der Waals surface area contributed by atoms with E-state index >= 15 is 0 Å². The van der Waals surface area contributed by atoms with E-state index in [9.17, 15) is 9.59 Å². The molecule has 156 valence electrons. The van der Waals surface area contributed by atoms with Gasteiger partial charge in [0.25, 0.3) is 5.91 Å². The first kappa shape index (κ1) is 20.5. The number of fused-ring (bicyclic) bond motifs is 1. The van der Waals surface area contributed by atoms with Crippen molar-refractivity contribution in [1.82, 2.24) is 0 Å². The summed E-state index contributed by atoms with van der Waals surface area (Å²) in [7, 11) is 1.57. The van der Waals surface area contributed by atoms with Crippen molar-refractivity contribution in [3.05, 3.63) is 89.1 Å². The quantitative estimate of drug-likeness (QED) is 0.396. The third-order valence-electron chi connectivity index (χ3n) is 4.60. The van der Waals surface area contributed by atoms with Crippen LogP contribution in [0.1, 0.15) is 16.1 Å². The summed E-state index contributed by atoms with van der Waals surface area (Å²) >= 11 is 5.92. The maximum atomic E-state index is 13.0. The van der Waals surface area contributed by atoms with Crippen LogP contribution in [0.5, 0.6) is 11.5 Å². The van der Waals surface area contributed by atoms with Gasteiger partial charge in [0.15, 0.2) is 12.4 Å². The van der Waals surface area contributed by atoms with Gasteiger partial charge in [-0.2, -0.15) is 0 Å². The van der Waals surface area contributed by atoms with E-state index in [1.54, 1.807) is 79.9 Å². The van der Waals surface area contributed by atoms with Gasteiger partial charge < -0.3 is 19.2 Å². The number of hydrogen-bond acceptors (Lipinski definition) is 5. The van der Waals surface area contributed by atoms with Crippen molar-refractivity contribution in [2.24, 2.45) is 0 Å². The van der Waals surface area contributed by atoms with E-state index in [0.29, 0.717) is 38.7 Å². The molecule has 0 spiro atoms. The van der Waals surface area contributed by atoms with Crippen LogP contribution in [0.15, 0.2) is 77.2 Å². The van der Waals surface area contributed by atoms with Crippen LogP contribution in [0.4, 0.5) is 5.69 Å². The number of halogens is 1. The number of carbonyl (C=O) groups excluding carboxylic acids is 2. The van der Waals surface area contributed by atoms with E-state index in [4.69, 9.17) is 25.5 Å². The number of anilines is 1. The van der Waals surface area contributed by atoms with E-state index in [2.05, 4.69) is 5.32 Å². The number of para-hydroxylation sites is 1. The van der Waals surface area contributed by atoms with Gasteiger partial charge >= 0.3 is 0 Å². The zero-order valence-electron chi connectivity index (χ0n) is 16.6. The molecule has 4 aromatic rings. The Kier molecular flexibility index (Phi) is 5.91. The van der Waals surface area contributed by atoms with Crippen molar-refractivity contribution in [1.29, 1.82) is 0 Å². The van der Waals surface area contributed by atoms with E-state index in [1.807, 2.05) is 0 Å². The van der Waals surface area contributed by atoms with Crippen LogP contribution in [-0.2, 0) is 4.79 Å². The molecule has 1 amide bonds. The zero-order valence-corrected chi connectivity index (χ0v) is 17.3. The van der Waals surface area contributed by atoms with Gasteiger partial charge in [-0.3, -0.25) is 9.59 Å². The van der Waals surface area contributed by atoms with E-state index in [-0.39, 0.29) is 18.2 Å². The normalized spacial score (nSPS) is 10.6. The molecule has 3 aromatic carbocycles. The van der Waals surface area contributed by atoms with Gasteiger partial charge in [-0.15, -0.1) is 0 Å². The summed E-state index contributed by atoms with van der Waals surface area (Å²) in [4.78, 5) is 25.6. The number of ether oxygens (including phenoxy) is 2. The second-order valence-corrected chi connectivity index (χ2v) is 7.09. The molecule has 0 fully saturated rings. The first-order chi connectivity index (χ1) is 15.0. The third kappa shape index (κ3) is 4.54. The van der Waals surface area contributed by atoms with Crippen LogP contribution >= 0.6 is 11.6 Å². The lowest BCUT2D eigenvalue weighted by Crippen LogP contribution is -2.21. The number of nitrogens with one attached hydrogen (secondary N) is 1. The number of ketones is 1. The molecular formula is C24H18ClNO5. The van der Waals surface area contributed by atoms with Crippen molar-refractivity contribution >= 4 is 39.9 Å². The molecule has 1 heterocycles. The first-order valence-corrected chi connectivity index (χ1v) is 9.81. The summed E-state index contributed by atoms with van der Waals surface area (Å²) in [6.07, 6.45) is 0. The molecule has 0 saturated heterocycles. The van der Waals surface area contributed by atoms with Crippen LogP contribution in [0.25, 0.3) is 11.0 Å². The maximum absolute atomic E-state index is 13.0. The number of methoxy groups -OCH3 is 1. The van der Waals surface area contributed by atoms with Crippen molar-refractivity contribution in [2.45, 2.75) is 0 Å². The molecule has 4 rings (SSSR count). The number of amides is 1. The maximum Gasteiger partial charge on any atom is 0.262 e. The standard InChI is InChI=1S/C24H18ClNO5/c1-29-17-10-12-18(13-11-17)30-14-21(27)26-22-19-4-2-3-5-20(19)31-24(22)23(28)15-6-8-16(25)9-7-15/h2-13H,14H2,1H3,(H,26,27). The van der Waals surface area contributed by atoms with E-state index in [1.165, 1.54) is 0 Å². The van der Waals surface area contributed by atoms with E-state index in [0.717, 1.165) is 0 Å². The highest BCUT2D eigenvalue weighted by atomic mass is 35.5. The molecule has 7 heteroatoms. The third-order valence-corrected chi connectivity index (χ3v) is 4.85. The Labute approximate surface area is 183 Å². The van der Waals surface area contributed by atoms with Gasteiger partial charge in [0.2, 0.25) is 5.78 Å². The highest BCUT2D eigenvalue weighted by Gasteiger charge is 2.23. The molecule has 0 bridgehead atoms. The second kappa shape index (κ2) is 8.93. The Morgan fingerprint density at radius 3 is 2.32 bits per heavy atom. The number of carbonyl (C=O) groups is 2. The average molecular weight is 436 g/mol. The number of hydrogen-bond donors (Lipinski definition) is 1. The first-order valence-electron chi connectivity index (χ1n) is 9.43. The van der Waals surface area contributed by atoms with Crippen LogP contribution in [-0.4, -0.2) is 25.4 Å². The minimum absolute atomic E-state index is 0.0429. The summed E-state index contributed by atoms with van der Waals surface area (Å²) in [5.74, 6) is 0.463. The minimum atomic E-state index is -0.424. The topological polar surface area (TPSA) is 77.8 Å². The molecule has 31 heavy (non-hydrogen) atoms. The molecule has 0 radical (unpaired) electrons. The molecule has 0 aliphatic carbocycles. The predicted octanol–water partition coefficient (Wildman–Crippen LogP) is 5.34. The van der Waals surface area contributed by atoms with Gasteiger partial charge in [-0.25, -0.2) is 0 Å². The predicted molar refractivity (Wildman–Crippen MR) is 118 cm³/mol. The summed E-state index contributed by atoms with van der Waals surface area (Å²) in [6, 6.07) is 20.4. The highest BCUT2D eigenvalue weighted by molar-refractivity contribution is 6.30. The van der Waals surface area contributed by atoms with Crippen molar-refractivity contribution in [3.8, 4) is 11.5 Å². The SMILES string of the molecule is COc1ccc(OCC(=O)Nc2c(C(=O)c3ccc(Cl)cc3)oc3ccccc23)cc1. The van der Waals surface area contributed by atoms with E-state index < -0.39 is 5.91 Å². The van der Waals surface area contributed by atoms with Crippen molar-refractivity contribution in [3.63, 3.8) is 0 Å². The van der Waals surface area contributed by atoms with Crippen LogP contribution in [0.2, 0.25) is 5.02 Å². The Morgan fingerprint density at radius 1 is 0.935 bits per heavy atom. The summed E-state index contributed by atoms with van der Waals surface area (Å²) < 4.78 is 16.4. The highest BCUT2D eigenvalue weighted by Crippen LogP contribution is 2.32. The Balaban J connectivity index is 1.57. The van der Waals surface area contributed by atoms with Crippen LogP contribution in [0.3, 0.4) is 0 Å². The summed E-state index contributed by atoms with van der Waals surface area (Å²) in [5, 5.41) is 3.90.